The lowest BCUT2D eigenvalue weighted by atomic mass is 10.3. The zero-order valence-electron chi connectivity index (χ0n) is 9.65. The van der Waals surface area contributed by atoms with Crippen LogP contribution in [0.4, 0.5) is 11.5 Å². The first kappa shape index (κ1) is 12.0. The Labute approximate surface area is 103 Å². The largest absolute Gasteiger partial charge is 0.369 e. The van der Waals surface area contributed by atoms with Crippen LogP contribution in [0.15, 0.2) is 35.1 Å². The van der Waals surface area contributed by atoms with E-state index in [9.17, 15) is 10.1 Å². The fourth-order valence-electron chi connectivity index (χ4n) is 1.65. The van der Waals surface area contributed by atoms with Gasteiger partial charge < -0.3 is 11.5 Å². The number of hydrogen-bond donors (Lipinski definition) is 2. The van der Waals surface area contributed by atoms with Gasteiger partial charge in [-0.05, 0) is 19.1 Å². The van der Waals surface area contributed by atoms with Crippen molar-refractivity contribution in [3.05, 3.63) is 40.2 Å². The van der Waals surface area contributed by atoms with Crippen LogP contribution in [0.25, 0.3) is 0 Å². The van der Waals surface area contributed by atoms with E-state index in [-0.39, 0.29) is 11.6 Å². The van der Waals surface area contributed by atoms with E-state index in [2.05, 4.69) is 9.98 Å². The number of aromatic nitrogens is 1. The molecule has 0 saturated carbocycles. The van der Waals surface area contributed by atoms with E-state index in [4.69, 9.17) is 11.5 Å². The van der Waals surface area contributed by atoms with Crippen molar-refractivity contribution < 1.29 is 4.92 Å². The van der Waals surface area contributed by atoms with Crippen LogP contribution in [0.3, 0.4) is 0 Å². The minimum atomic E-state index is -0.519. The molecule has 0 saturated heterocycles. The Morgan fingerprint density at radius 1 is 1.50 bits per heavy atom. The molecule has 4 N–H and O–H groups in total. The van der Waals surface area contributed by atoms with Crippen molar-refractivity contribution in [3.63, 3.8) is 0 Å². The van der Waals surface area contributed by atoms with Crippen LogP contribution in [-0.2, 0) is 0 Å². The molecule has 0 radical (unpaired) electrons. The summed E-state index contributed by atoms with van der Waals surface area (Å²) < 4.78 is 0. The third kappa shape index (κ3) is 2.13. The summed E-state index contributed by atoms with van der Waals surface area (Å²) in [5, 5.41) is 10.5. The van der Waals surface area contributed by atoms with E-state index in [1.165, 1.54) is 17.0 Å². The smallest absolute Gasteiger partial charge is 0.287 e. The zero-order valence-corrected chi connectivity index (χ0v) is 9.65. The second-order valence-corrected chi connectivity index (χ2v) is 3.77. The molecule has 0 spiro atoms. The van der Waals surface area contributed by atoms with E-state index in [1.54, 1.807) is 13.0 Å². The lowest BCUT2D eigenvalue weighted by molar-refractivity contribution is -0.385. The molecule has 1 atom stereocenters. The standard InChI is InChI=1S/C10H12N6O2/c1-6-4-8(11)15(10(12)14-6)9-3-2-7(5-13-9)16(17)18/h2-5,8H,11H2,1H3,(H2,12,14). The van der Waals surface area contributed by atoms with Gasteiger partial charge in [-0.2, -0.15) is 0 Å². The Hall–Kier alpha value is -2.48. The molecule has 0 aromatic carbocycles. The second kappa shape index (κ2) is 4.41. The maximum Gasteiger partial charge on any atom is 0.287 e. The van der Waals surface area contributed by atoms with Crippen molar-refractivity contribution in [2.24, 2.45) is 16.5 Å². The van der Waals surface area contributed by atoms with Gasteiger partial charge in [-0.1, -0.05) is 0 Å². The average molecular weight is 248 g/mol. The summed E-state index contributed by atoms with van der Waals surface area (Å²) in [6.45, 7) is 1.79. The Kier molecular flexibility index (Phi) is 2.94. The van der Waals surface area contributed by atoms with Gasteiger partial charge in [0.05, 0.1) is 4.92 Å². The van der Waals surface area contributed by atoms with Crippen molar-refractivity contribution >= 4 is 17.5 Å². The Morgan fingerprint density at radius 3 is 2.72 bits per heavy atom. The summed E-state index contributed by atoms with van der Waals surface area (Å²) >= 11 is 0. The fourth-order valence-corrected chi connectivity index (χ4v) is 1.65. The Morgan fingerprint density at radius 2 is 2.22 bits per heavy atom. The van der Waals surface area contributed by atoms with Gasteiger partial charge in [-0.15, -0.1) is 0 Å². The molecule has 0 aliphatic carbocycles. The molecule has 0 amide bonds. The predicted octanol–water partition coefficient (Wildman–Crippen LogP) is 0.313. The minimum Gasteiger partial charge on any atom is -0.369 e. The molecule has 2 heterocycles. The first-order chi connectivity index (χ1) is 8.49. The van der Waals surface area contributed by atoms with Crippen LogP contribution in [0.1, 0.15) is 6.92 Å². The molecular formula is C10H12N6O2. The first-order valence-corrected chi connectivity index (χ1v) is 5.17. The van der Waals surface area contributed by atoms with Crippen LogP contribution < -0.4 is 16.4 Å². The molecule has 2 rings (SSSR count). The average Bonchev–Trinajstić information content (AvgIpc) is 2.28. The maximum absolute atomic E-state index is 10.5. The molecule has 1 aliphatic rings. The van der Waals surface area contributed by atoms with Crippen LogP contribution in [0, 0.1) is 10.1 Å². The SMILES string of the molecule is CC1=CC(N)N(c2ccc([N+](=O)[O-])cn2)C(N)=N1. The number of rotatable bonds is 2. The quantitative estimate of drug-likeness (QED) is 0.573. The summed E-state index contributed by atoms with van der Waals surface area (Å²) in [7, 11) is 0. The molecule has 8 nitrogen and oxygen atoms in total. The van der Waals surface area contributed by atoms with Crippen LogP contribution in [0.5, 0.6) is 0 Å². The van der Waals surface area contributed by atoms with Gasteiger partial charge in [0.2, 0.25) is 5.96 Å². The highest BCUT2D eigenvalue weighted by Gasteiger charge is 2.22. The molecular weight excluding hydrogens is 236 g/mol. The third-order valence-electron chi connectivity index (χ3n) is 2.44. The lowest BCUT2D eigenvalue weighted by Gasteiger charge is -2.29. The van der Waals surface area contributed by atoms with E-state index >= 15 is 0 Å². The lowest BCUT2D eigenvalue weighted by Crippen LogP contribution is -2.50. The van der Waals surface area contributed by atoms with Gasteiger partial charge >= 0.3 is 0 Å². The van der Waals surface area contributed by atoms with Crippen molar-refractivity contribution in [2.45, 2.75) is 13.1 Å². The number of allylic oxidation sites excluding steroid dienone is 1. The molecule has 1 unspecified atom stereocenters. The molecule has 94 valence electrons. The van der Waals surface area contributed by atoms with Gasteiger partial charge in [0.1, 0.15) is 18.2 Å². The number of nitro groups is 1. The minimum absolute atomic E-state index is 0.0911. The van der Waals surface area contributed by atoms with Crippen molar-refractivity contribution in [1.29, 1.82) is 0 Å². The molecule has 8 heteroatoms. The third-order valence-corrected chi connectivity index (χ3v) is 2.44. The number of nitrogens with two attached hydrogens (primary N) is 2. The molecule has 1 aromatic heterocycles. The molecule has 0 fully saturated rings. The monoisotopic (exact) mass is 248 g/mol. The van der Waals surface area contributed by atoms with Crippen molar-refractivity contribution in [1.82, 2.24) is 4.98 Å². The molecule has 0 bridgehead atoms. The number of anilines is 1. The number of nitrogens with zero attached hydrogens (tertiary/aromatic N) is 4. The molecule has 1 aromatic rings. The van der Waals surface area contributed by atoms with Crippen molar-refractivity contribution in [3.8, 4) is 0 Å². The van der Waals surface area contributed by atoms with Gasteiger partial charge in [0.25, 0.3) is 5.69 Å². The summed E-state index contributed by atoms with van der Waals surface area (Å²) in [5.74, 6) is 0.627. The highest BCUT2D eigenvalue weighted by atomic mass is 16.6. The van der Waals surface area contributed by atoms with E-state index in [0.29, 0.717) is 5.82 Å². The highest BCUT2D eigenvalue weighted by molar-refractivity contribution is 5.96. The summed E-state index contributed by atoms with van der Waals surface area (Å²) in [6.07, 6.45) is 2.39. The highest BCUT2D eigenvalue weighted by Crippen LogP contribution is 2.19. The Balaban J connectivity index is 2.32. The summed E-state index contributed by atoms with van der Waals surface area (Å²) in [4.78, 5) is 19.5. The normalized spacial score (nSPS) is 19.2. The Bertz CT molecular complexity index is 536. The first-order valence-electron chi connectivity index (χ1n) is 5.17. The summed E-state index contributed by atoms with van der Waals surface area (Å²) in [6, 6.07) is 2.82. The summed E-state index contributed by atoms with van der Waals surface area (Å²) in [5.41, 5.74) is 12.3. The molecule has 1 aliphatic heterocycles. The predicted molar refractivity (Wildman–Crippen MR) is 66.7 cm³/mol. The van der Waals surface area contributed by atoms with E-state index in [0.717, 1.165) is 11.9 Å². The van der Waals surface area contributed by atoms with E-state index in [1.807, 2.05) is 0 Å². The van der Waals surface area contributed by atoms with Crippen LogP contribution in [0.2, 0.25) is 0 Å². The number of aliphatic imine (C=N–C) groups is 1. The van der Waals surface area contributed by atoms with Crippen molar-refractivity contribution in [2.75, 3.05) is 4.90 Å². The second-order valence-electron chi connectivity index (χ2n) is 3.77. The topological polar surface area (TPSA) is 124 Å². The number of hydrogen-bond acceptors (Lipinski definition) is 7. The fraction of sp³-hybridized carbons (Fsp3) is 0.200. The zero-order chi connectivity index (χ0) is 13.3. The maximum atomic E-state index is 10.5. The number of guanidine groups is 1. The van der Waals surface area contributed by atoms with Gasteiger partial charge in [0, 0.05) is 11.8 Å². The molecule has 18 heavy (non-hydrogen) atoms. The van der Waals surface area contributed by atoms with Gasteiger partial charge in [0.15, 0.2) is 0 Å². The van der Waals surface area contributed by atoms with Crippen LogP contribution >= 0.6 is 0 Å². The van der Waals surface area contributed by atoms with Gasteiger partial charge in [-0.3, -0.25) is 15.0 Å². The van der Waals surface area contributed by atoms with Gasteiger partial charge in [-0.25, -0.2) is 9.98 Å². The van der Waals surface area contributed by atoms with E-state index < -0.39 is 11.1 Å². The number of pyridine rings is 1. The van der Waals surface area contributed by atoms with Crippen LogP contribution in [-0.4, -0.2) is 22.0 Å².